The first kappa shape index (κ1) is 21.0. The summed E-state index contributed by atoms with van der Waals surface area (Å²) in [5.41, 5.74) is 6.34. The van der Waals surface area contributed by atoms with Crippen LogP contribution in [-0.4, -0.2) is 23.0 Å². The highest BCUT2D eigenvalue weighted by Gasteiger charge is 2.34. The molecule has 134 valence electrons. The van der Waals surface area contributed by atoms with Crippen LogP contribution < -0.4 is 11.1 Å². The molecule has 0 spiro atoms. The van der Waals surface area contributed by atoms with E-state index < -0.39 is 0 Å². The molecule has 24 heavy (non-hydrogen) atoms. The predicted octanol–water partition coefficient (Wildman–Crippen LogP) is 3.49. The molecule has 1 aliphatic rings. The van der Waals surface area contributed by atoms with E-state index in [-0.39, 0.29) is 42.7 Å². The van der Waals surface area contributed by atoms with E-state index >= 15 is 0 Å². The lowest BCUT2D eigenvalue weighted by Crippen LogP contribution is -2.52. The summed E-state index contributed by atoms with van der Waals surface area (Å²) in [6, 6.07) is 3.92. The minimum Gasteiger partial charge on any atom is -0.440 e. The maximum Gasteiger partial charge on any atom is 0.236 e. The minimum atomic E-state index is -0.217. The number of hydrogen-bond acceptors (Lipinski definition) is 5. The molecule has 3 N–H and O–H groups in total. The van der Waals surface area contributed by atoms with Gasteiger partial charge in [-0.2, -0.15) is 0 Å². The topological polar surface area (TPSA) is 81.2 Å². The van der Waals surface area contributed by atoms with E-state index in [4.69, 9.17) is 10.2 Å². The number of nitrogens with zero attached hydrogens (tertiary/aromatic N) is 1. The number of nitrogens with one attached hydrogen (secondary N) is 1. The number of rotatable bonds is 5. The maximum absolute atomic E-state index is 12.3. The lowest BCUT2D eigenvalue weighted by Gasteiger charge is -2.28. The minimum absolute atomic E-state index is 0. The van der Waals surface area contributed by atoms with Crippen LogP contribution in [0.1, 0.15) is 37.1 Å². The Bertz CT molecular complexity index is 652. The van der Waals surface area contributed by atoms with Crippen molar-refractivity contribution >= 4 is 42.1 Å². The number of nitrogens with two attached hydrogens (primary N) is 1. The molecule has 0 saturated heterocycles. The lowest BCUT2D eigenvalue weighted by atomic mass is 9.97. The Morgan fingerprint density at radius 2 is 2.12 bits per heavy atom. The summed E-state index contributed by atoms with van der Waals surface area (Å²) in [5, 5.41) is 5.10. The van der Waals surface area contributed by atoms with Gasteiger partial charge in [-0.25, -0.2) is 4.98 Å². The molecule has 2 aromatic rings. The molecular weight excluding hydrogens is 369 g/mol. The zero-order valence-electron chi connectivity index (χ0n) is 13.5. The summed E-state index contributed by atoms with van der Waals surface area (Å²) in [6.45, 7) is 2.35. The van der Waals surface area contributed by atoms with E-state index in [1.165, 1.54) is 0 Å². The average molecular weight is 392 g/mol. The van der Waals surface area contributed by atoms with Gasteiger partial charge in [0.1, 0.15) is 5.76 Å². The number of oxazole rings is 1. The van der Waals surface area contributed by atoms with E-state index in [2.05, 4.69) is 10.3 Å². The molecule has 1 amide bonds. The quantitative estimate of drug-likeness (QED) is 0.816. The van der Waals surface area contributed by atoms with Gasteiger partial charge in [0.25, 0.3) is 0 Å². The van der Waals surface area contributed by atoms with Gasteiger partial charge in [-0.1, -0.05) is 18.9 Å². The molecule has 3 rings (SSSR count). The highest BCUT2D eigenvalue weighted by Crippen LogP contribution is 2.29. The van der Waals surface area contributed by atoms with Crippen LogP contribution in [0.5, 0.6) is 0 Å². The zero-order chi connectivity index (χ0) is 15.6. The van der Waals surface area contributed by atoms with Gasteiger partial charge in [0, 0.05) is 6.54 Å². The Morgan fingerprint density at radius 3 is 2.71 bits per heavy atom. The first-order valence-corrected chi connectivity index (χ1v) is 8.51. The third kappa shape index (κ3) is 4.51. The van der Waals surface area contributed by atoms with Crippen LogP contribution in [0.25, 0.3) is 10.8 Å². The van der Waals surface area contributed by atoms with Crippen LogP contribution in [0.15, 0.2) is 21.9 Å². The van der Waals surface area contributed by atoms with Crippen LogP contribution in [0, 0.1) is 6.92 Å². The molecule has 0 bridgehead atoms. The highest BCUT2D eigenvalue weighted by molar-refractivity contribution is 7.13. The molecule has 2 aromatic heterocycles. The van der Waals surface area contributed by atoms with Crippen molar-refractivity contribution in [1.29, 1.82) is 0 Å². The molecule has 5 nitrogen and oxygen atoms in total. The molecule has 1 saturated carbocycles. The molecule has 0 unspecified atom stereocenters. The molecule has 2 heterocycles. The maximum atomic E-state index is 12.3. The number of amides is 1. The Kier molecular flexibility index (Phi) is 7.73. The smallest absolute Gasteiger partial charge is 0.236 e. The number of hydrogen-bond donors (Lipinski definition) is 2. The van der Waals surface area contributed by atoms with E-state index in [0.717, 1.165) is 30.6 Å². The summed E-state index contributed by atoms with van der Waals surface area (Å²) < 4.78 is 5.68. The largest absolute Gasteiger partial charge is 0.440 e. The fourth-order valence-corrected chi connectivity index (χ4v) is 3.67. The van der Waals surface area contributed by atoms with Crippen molar-refractivity contribution in [2.75, 3.05) is 6.54 Å². The first-order valence-electron chi connectivity index (χ1n) is 7.63. The van der Waals surface area contributed by atoms with Crippen LogP contribution in [-0.2, 0) is 11.2 Å². The molecule has 1 aliphatic carbocycles. The van der Waals surface area contributed by atoms with Crippen LogP contribution in [0.4, 0.5) is 0 Å². The number of aryl methyl sites for hydroxylation is 1. The predicted molar refractivity (Wildman–Crippen MR) is 101 cm³/mol. The Morgan fingerprint density at radius 1 is 1.42 bits per heavy atom. The van der Waals surface area contributed by atoms with Gasteiger partial charge in [-0.05, 0) is 31.2 Å². The van der Waals surface area contributed by atoms with Crippen molar-refractivity contribution in [3.8, 4) is 10.8 Å². The van der Waals surface area contributed by atoms with E-state index in [0.29, 0.717) is 23.9 Å². The highest BCUT2D eigenvalue weighted by atomic mass is 35.5. The summed E-state index contributed by atoms with van der Waals surface area (Å²) in [5.74, 6) is 1.26. The van der Waals surface area contributed by atoms with Crippen molar-refractivity contribution < 1.29 is 9.21 Å². The monoisotopic (exact) mass is 391 g/mol. The van der Waals surface area contributed by atoms with Crippen molar-refractivity contribution in [3.63, 3.8) is 0 Å². The fraction of sp³-hybridized carbons (Fsp3) is 0.500. The molecule has 8 heteroatoms. The Labute approximate surface area is 158 Å². The van der Waals surface area contributed by atoms with E-state index in [1.54, 1.807) is 11.3 Å². The average Bonchev–Trinajstić information content (AvgIpc) is 3.21. The van der Waals surface area contributed by atoms with Gasteiger partial charge in [-0.15, -0.1) is 36.2 Å². The summed E-state index contributed by atoms with van der Waals surface area (Å²) in [4.78, 5) is 17.8. The molecule has 0 aliphatic heterocycles. The second kappa shape index (κ2) is 8.85. The molecule has 1 fully saturated rings. The van der Waals surface area contributed by atoms with Crippen LogP contribution in [0.3, 0.4) is 0 Å². The van der Waals surface area contributed by atoms with Gasteiger partial charge < -0.3 is 15.5 Å². The third-order valence-electron chi connectivity index (χ3n) is 4.31. The standard InChI is InChI=1S/C16H21N3O2S.2ClH/c1-11-12(18-15(21-11)13-5-4-8-22-13)9-14(20)19-16(10-17)6-2-3-7-16;;/h4-5,8H,2-3,6-7,9-10,17H2,1H3,(H,19,20);2*1H. The molecular formula is C16H23Cl2N3O2S. The number of aromatic nitrogens is 1. The van der Waals surface area contributed by atoms with Gasteiger partial charge >= 0.3 is 0 Å². The molecule has 0 radical (unpaired) electrons. The Hall–Kier alpha value is -1.08. The molecule has 0 atom stereocenters. The number of halogens is 2. The van der Waals surface area contributed by atoms with Crippen molar-refractivity contribution in [3.05, 3.63) is 29.0 Å². The van der Waals surface area contributed by atoms with Crippen molar-refractivity contribution in [2.24, 2.45) is 5.73 Å². The summed E-state index contributed by atoms with van der Waals surface area (Å²) in [6.07, 6.45) is 4.43. The van der Waals surface area contributed by atoms with Gasteiger partial charge in [0.15, 0.2) is 0 Å². The summed E-state index contributed by atoms with van der Waals surface area (Å²) in [7, 11) is 0. The Balaban J connectivity index is 0.00000144. The SMILES string of the molecule is Cc1oc(-c2cccs2)nc1CC(=O)NC1(CN)CCCC1.Cl.Cl. The van der Waals surface area contributed by atoms with Gasteiger partial charge in [0.2, 0.25) is 11.8 Å². The molecule has 0 aromatic carbocycles. The summed E-state index contributed by atoms with van der Waals surface area (Å²) >= 11 is 1.57. The van der Waals surface area contributed by atoms with Crippen molar-refractivity contribution in [1.82, 2.24) is 10.3 Å². The van der Waals surface area contributed by atoms with E-state index in [9.17, 15) is 4.79 Å². The second-order valence-electron chi connectivity index (χ2n) is 5.92. The van der Waals surface area contributed by atoms with Crippen LogP contribution >= 0.6 is 36.2 Å². The van der Waals surface area contributed by atoms with Gasteiger partial charge in [0.05, 0.1) is 22.5 Å². The van der Waals surface area contributed by atoms with Crippen molar-refractivity contribution in [2.45, 2.75) is 44.6 Å². The lowest BCUT2D eigenvalue weighted by molar-refractivity contribution is -0.122. The number of carbonyl (C=O) groups is 1. The van der Waals surface area contributed by atoms with Crippen LogP contribution in [0.2, 0.25) is 0 Å². The van der Waals surface area contributed by atoms with E-state index in [1.807, 2.05) is 24.4 Å². The second-order valence-corrected chi connectivity index (χ2v) is 6.86. The fourth-order valence-electron chi connectivity index (χ4n) is 3.02. The first-order chi connectivity index (χ1) is 10.6. The third-order valence-corrected chi connectivity index (χ3v) is 5.17. The zero-order valence-corrected chi connectivity index (χ0v) is 16.0. The number of carbonyl (C=O) groups excluding carboxylic acids is 1. The number of thiophene rings is 1. The van der Waals surface area contributed by atoms with Gasteiger partial charge in [-0.3, -0.25) is 4.79 Å². The normalized spacial score (nSPS) is 15.4.